The summed E-state index contributed by atoms with van der Waals surface area (Å²) in [5.41, 5.74) is 0.0308. The number of aromatic nitrogens is 4. The highest BCUT2D eigenvalue weighted by atomic mass is 16.3. The first-order valence-corrected chi connectivity index (χ1v) is 7.45. The first-order valence-electron chi connectivity index (χ1n) is 7.45. The molecule has 0 radical (unpaired) electrons. The van der Waals surface area contributed by atoms with Gasteiger partial charge in [0.05, 0.1) is 6.04 Å². The second-order valence-electron chi connectivity index (χ2n) is 5.75. The number of amides is 1. The van der Waals surface area contributed by atoms with E-state index in [4.69, 9.17) is 0 Å². The number of rotatable bonds is 3. The number of nitrogens with zero attached hydrogens (tertiary/aromatic N) is 4. The first-order chi connectivity index (χ1) is 10.6. The van der Waals surface area contributed by atoms with E-state index in [1.165, 1.54) is 12.3 Å². The van der Waals surface area contributed by atoms with Crippen molar-refractivity contribution in [2.45, 2.75) is 45.2 Å². The molecule has 116 valence electrons. The summed E-state index contributed by atoms with van der Waals surface area (Å²) in [6, 6.07) is 2.82. The van der Waals surface area contributed by atoms with Crippen molar-refractivity contribution in [3.05, 3.63) is 35.7 Å². The SMILES string of the molecule is CC(C)c1nc2n(n1)CCC[C@@H]2NC(=O)c1ncccc1O. The van der Waals surface area contributed by atoms with Gasteiger partial charge in [0.2, 0.25) is 0 Å². The Hall–Kier alpha value is -2.44. The monoisotopic (exact) mass is 301 g/mol. The van der Waals surface area contributed by atoms with Gasteiger partial charge < -0.3 is 10.4 Å². The average Bonchev–Trinajstić information content (AvgIpc) is 2.93. The number of hydrogen-bond acceptors (Lipinski definition) is 5. The van der Waals surface area contributed by atoms with Crippen molar-refractivity contribution in [1.29, 1.82) is 0 Å². The number of pyridine rings is 1. The summed E-state index contributed by atoms with van der Waals surface area (Å²) in [5.74, 6) is 1.29. The van der Waals surface area contributed by atoms with Gasteiger partial charge in [-0.2, -0.15) is 5.10 Å². The molecule has 0 unspecified atom stereocenters. The molecule has 0 saturated heterocycles. The van der Waals surface area contributed by atoms with Crippen LogP contribution in [0.4, 0.5) is 0 Å². The number of aromatic hydroxyl groups is 1. The Bertz CT molecular complexity index is 695. The van der Waals surface area contributed by atoms with Crippen LogP contribution in [0.15, 0.2) is 18.3 Å². The van der Waals surface area contributed by atoms with E-state index in [9.17, 15) is 9.90 Å². The van der Waals surface area contributed by atoms with Crippen LogP contribution in [0.5, 0.6) is 5.75 Å². The van der Waals surface area contributed by atoms with Crippen molar-refractivity contribution in [2.75, 3.05) is 0 Å². The molecule has 0 fully saturated rings. The predicted molar refractivity (Wildman–Crippen MR) is 79.5 cm³/mol. The summed E-state index contributed by atoms with van der Waals surface area (Å²) in [6.07, 6.45) is 3.21. The quantitative estimate of drug-likeness (QED) is 0.901. The van der Waals surface area contributed by atoms with Crippen LogP contribution in [0, 0.1) is 0 Å². The number of carbonyl (C=O) groups excluding carboxylic acids is 1. The molecule has 1 amide bonds. The molecule has 1 aliphatic heterocycles. The van der Waals surface area contributed by atoms with E-state index in [1.54, 1.807) is 6.07 Å². The van der Waals surface area contributed by atoms with Crippen molar-refractivity contribution in [3.63, 3.8) is 0 Å². The molecule has 0 saturated carbocycles. The van der Waals surface area contributed by atoms with Crippen molar-refractivity contribution in [1.82, 2.24) is 25.1 Å². The number of nitrogens with one attached hydrogen (secondary N) is 1. The third-order valence-electron chi connectivity index (χ3n) is 3.71. The molecule has 0 bridgehead atoms. The third-order valence-corrected chi connectivity index (χ3v) is 3.71. The van der Waals surface area contributed by atoms with Gasteiger partial charge in [-0.05, 0) is 25.0 Å². The fourth-order valence-electron chi connectivity index (χ4n) is 2.55. The lowest BCUT2D eigenvalue weighted by atomic mass is 10.1. The molecule has 3 heterocycles. The van der Waals surface area contributed by atoms with Gasteiger partial charge >= 0.3 is 0 Å². The van der Waals surface area contributed by atoms with Crippen molar-refractivity contribution < 1.29 is 9.90 Å². The van der Waals surface area contributed by atoms with E-state index in [2.05, 4.69) is 20.4 Å². The molecule has 2 aromatic rings. The topological polar surface area (TPSA) is 92.9 Å². The van der Waals surface area contributed by atoms with Gasteiger partial charge in [0.1, 0.15) is 11.6 Å². The minimum atomic E-state index is -0.398. The van der Waals surface area contributed by atoms with E-state index in [0.29, 0.717) is 0 Å². The fourth-order valence-corrected chi connectivity index (χ4v) is 2.55. The number of hydrogen-bond donors (Lipinski definition) is 2. The Morgan fingerprint density at radius 1 is 1.50 bits per heavy atom. The van der Waals surface area contributed by atoms with E-state index < -0.39 is 5.91 Å². The molecule has 2 aromatic heterocycles. The minimum Gasteiger partial charge on any atom is -0.505 e. The van der Waals surface area contributed by atoms with Crippen molar-refractivity contribution in [2.24, 2.45) is 0 Å². The standard InChI is InChI=1S/C15H19N5O2/c1-9(2)13-18-14-10(5-4-8-20(14)19-13)17-15(22)12-11(21)6-3-7-16-12/h3,6-7,9-10,21H,4-5,8H2,1-2H3,(H,17,22)/t10-/m0/s1. The Balaban J connectivity index is 1.83. The zero-order valence-electron chi connectivity index (χ0n) is 12.7. The van der Waals surface area contributed by atoms with Gasteiger partial charge in [0.25, 0.3) is 5.91 Å². The Labute approximate surface area is 128 Å². The maximum absolute atomic E-state index is 12.3. The van der Waals surface area contributed by atoms with Gasteiger partial charge in [-0.1, -0.05) is 13.8 Å². The van der Waals surface area contributed by atoms with Crippen LogP contribution in [0.1, 0.15) is 60.8 Å². The summed E-state index contributed by atoms with van der Waals surface area (Å²) < 4.78 is 1.86. The van der Waals surface area contributed by atoms with Crippen LogP contribution in [-0.4, -0.2) is 30.8 Å². The maximum Gasteiger partial charge on any atom is 0.274 e. The number of carbonyl (C=O) groups is 1. The Kier molecular flexibility index (Phi) is 3.79. The van der Waals surface area contributed by atoms with Crippen molar-refractivity contribution in [3.8, 4) is 5.75 Å². The molecule has 0 aromatic carbocycles. The Morgan fingerprint density at radius 2 is 2.32 bits per heavy atom. The molecule has 7 heteroatoms. The zero-order chi connectivity index (χ0) is 15.7. The van der Waals surface area contributed by atoms with Crippen LogP contribution in [0.25, 0.3) is 0 Å². The largest absolute Gasteiger partial charge is 0.505 e. The van der Waals surface area contributed by atoms with Gasteiger partial charge in [0.15, 0.2) is 11.5 Å². The van der Waals surface area contributed by atoms with Gasteiger partial charge in [-0.15, -0.1) is 0 Å². The maximum atomic E-state index is 12.3. The van der Waals surface area contributed by atoms with Crippen LogP contribution in [0.3, 0.4) is 0 Å². The highest BCUT2D eigenvalue weighted by Gasteiger charge is 2.27. The van der Waals surface area contributed by atoms with Gasteiger partial charge in [0, 0.05) is 18.7 Å². The van der Waals surface area contributed by atoms with Crippen LogP contribution in [0.2, 0.25) is 0 Å². The second-order valence-corrected chi connectivity index (χ2v) is 5.75. The summed E-state index contributed by atoms with van der Waals surface area (Å²) in [4.78, 5) is 20.8. The van der Waals surface area contributed by atoms with E-state index in [0.717, 1.165) is 31.0 Å². The lowest BCUT2D eigenvalue weighted by Gasteiger charge is -2.22. The highest BCUT2D eigenvalue weighted by Crippen LogP contribution is 2.25. The van der Waals surface area contributed by atoms with Crippen LogP contribution in [-0.2, 0) is 6.54 Å². The van der Waals surface area contributed by atoms with Gasteiger partial charge in [-0.25, -0.2) is 14.6 Å². The van der Waals surface area contributed by atoms with E-state index in [-0.39, 0.29) is 23.4 Å². The van der Waals surface area contributed by atoms with Crippen LogP contribution >= 0.6 is 0 Å². The summed E-state index contributed by atoms with van der Waals surface area (Å²) >= 11 is 0. The first kappa shape index (κ1) is 14.5. The molecule has 2 N–H and O–H groups in total. The predicted octanol–water partition coefficient (Wildman–Crippen LogP) is 1.77. The molecule has 1 aliphatic rings. The Morgan fingerprint density at radius 3 is 3.05 bits per heavy atom. The lowest BCUT2D eigenvalue weighted by Crippen LogP contribution is -2.33. The smallest absolute Gasteiger partial charge is 0.274 e. The summed E-state index contributed by atoms with van der Waals surface area (Å²) in [5, 5.41) is 17.1. The molecule has 1 atom stereocenters. The minimum absolute atomic E-state index is 0.0308. The number of fused-ring (bicyclic) bond motifs is 1. The highest BCUT2D eigenvalue weighted by molar-refractivity contribution is 5.94. The van der Waals surface area contributed by atoms with Crippen molar-refractivity contribution >= 4 is 5.91 Å². The fraction of sp³-hybridized carbons (Fsp3) is 0.467. The molecule has 3 rings (SSSR count). The van der Waals surface area contributed by atoms with E-state index in [1.807, 2.05) is 18.5 Å². The molecule has 0 aliphatic carbocycles. The second kappa shape index (κ2) is 5.75. The molecular formula is C15H19N5O2. The molecule has 0 spiro atoms. The zero-order valence-corrected chi connectivity index (χ0v) is 12.7. The lowest BCUT2D eigenvalue weighted by molar-refractivity contribution is 0.0919. The molecular weight excluding hydrogens is 282 g/mol. The summed E-state index contributed by atoms with van der Waals surface area (Å²) in [7, 11) is 0. The summed E-state index contributed by atoms with van der Waals surface area (Å²) in [6.45, 7) is 4.90. The van der Waals surface area contributed by atoms with Crippen LogP contribution < -0.4 is 5.32 Å². The van der Waals surface area contributed by atoms with E-state index >= 15 is 0 Å². The van der Waals surface area contributed by atoms with Gasteiger partial charge in [-0.3, -0.25) is 4.79 Å². The third kappa shape index (κ3) is 2.66. The number of aryl methyl sites for hydroxylation is 1. The normalized spacial score (nSPS) is 17.3. The molecule has 7 nitrogen and oxygen atoms in total. The average molecular weight is 301 g/mol. The molecule has 22 heavy (non-hydrogen) atoms.